The number of benzene rings is 3. The number of hydrogen-bond acceptors (Lipinski definition) is 5. The minimum absolute atomic E-state index is 0.373. The third-order valence-corrected chi connectivity index (χ3v) is 7.42. The fourth-order valence-electron chi connectivity index (χ4n) is 5.26. The number of alkyl carbamates (subject to hydrolysis) is 1. The van der Waals surface area contributed by atoms with Gasteiger partial charge in [-0.2, -0.15) is 0 Å². The van der Waals surface area contributed by atoms with Gasteiger partial charge in [-0.3, -0.25) is 9.59 Å². The Morgan fingerprint density at radius 2 is 1.51 bits per heavy atom. The summed E-state index contributed by atoms with van der Waals surface area (Å²) in [6, 6.07) is 16.6. The number of aliphatic hydroxyl groups excluding tert-OH is 1. The van der Waals surface area contributed by atoms with Crippen LogP contribution in [-0.2, 0) is 14.3 Å². The van der Waals surface area contributed by atoms with Crippen molar-refractivity contribution >= 4 is 34.4 Å². The Hall–Kier alpha value is -3.91. The maximum atomic E-state index is 14.4. The molecule has 0 aliphatic heterocycles. The average Bonchev–Trinajstić information content (AvgIpc) is 2.92. The van der Waals surface area contributed by atoms with Gasteiger partial charge in [-0.1, -0.05) is 62.4 Å². The van der Waals surface area contributed by atoms with Crippen LogP contribution >= 0.6 is 0 Å². The molecule has 3 aromatic rings. The van der Waals surface area contributed by atoms with Gasteiger partial charge in [-0.15, -0.1) is 0 Å². The third kappa shape index (κ3) is 9.04. The van der Waals surface area contributed by atoms with Gasteiger partial charge < -0.3 is 25.4 Å². The fraction of sp³-hybridized carbons (Fsp3) is 0.457. The topological polar surface area (TPSA) is 108 Å². The van der Waals surface area contributed by atoms with Crippen molar-refractivity contribution in [1.82, 2.24) is 10.2 Å². The molecule has 232 valence electrons. The molecular formula is C35H47N3O5. The molecule has 43 heavy (non-hydrogen) atoms. The van der Waals surface area contributed by atoms with Gasteiger partial charge in [0.05, 0.1) is 6.61 Å². The molecule has 0 spiro atoms. The third-order valence-electron chi connectivity index (χ3n) is 7.42. The number of nitrogens with zero attached hydrogens (tertiary/aromatic N) is 1. The Kier molecular flexibility index (Phi) is 11.3. The van der Waals surface area contributed by atoms with E-state index in [1.165, 1.54) is 4.90 Å². The van der Waals surface area contributed by atoms with E-state index in [4.69, 9.17) is 4.74 Å². The number of carbonyl (C=O) groups excluding carboxylic acids is 3. The van der Waals surface area contributed by atoms with Gasteiger partial charge >= 0.3 is 6.09 Å². The van der Waals surface area contributed by atoms with E-state index in [0.717, 1.165) is 28.3 Å². The number of hydrogen-bond donors (Lipinski definition) is 3. The van der Waals surface area contributed by atoms with Gasteiger partial charge in [-0.25, -0.2) is 4.79 Å². The molecule has 0 saturated heterocycles. The van der Waals surface area contributed by atoms with Crippen molar-refractivity contribution < 1.29 is 24.2 Å². The molecule has 3 rings (SSSR count). The monoisotopic (exact) mass is 589 g/mol. The summed E-state index contributed by atoms with van der Waals surface area (Å²) in [5, 5.41) is 17.9. The van der Waals surface area contributed by atoms with E-state index in [0.29, 0.717) is 23.6 Å². The summed E-state index contributed by atoms with van der Waals surface area (Å²) < 4.78 is 5.37. The molecule has 0 aliphatic rings. The molecule has 8 nitrogen and oxygen atoms in total. The Bertz CT molecular complexity index is 1410. The van der Waals surface area contributed by atoms with Crippen LogP contribution < -0.4 is 10.6 Å². The van der Waals surface area contributed by atoms with E-state index in [9.17, 15) is 19.5 Å². The largest absolute Gasteiger partial charge is 0.444 e. The Morgan fingerprint density at radius 3 is 2.09 bits per heavy atom. The highest BCUT2D eigenvalue weighted by Crippen LogP contribution is 2.33. The van der Waals surface area contributed by atoms with Crippen LogP contribution in [0.3, 0.4) is 0 Å². The highest BCUT2D eigenvalue weighted by molar-refractivity contribution is 6.01. The number of amides is 3. The molecule has 3 aromatic carbocycles. The minimum atomic E-state index is -1.31. The molecule has 0 saturated carbocycles. The van der Waals surface area contributed by atoms with Gasteiger partial charge in [0.1, 0.15) is 17.7 Å². The van der Waals surface area contributed by atoms with Crippen molar-refractivity contribution in [3.05, 3.63) is 77.4 Å². The van der Waals surface area contributed by atoms with Gasteiger partial charge in [0.2, 0.25) is 5.91 Å². The van der Waals surface area contributed by atoms with E-state index in [2.05, 4.69) is 24.5 Å². The lowest BCUT2D eigenvalue weighted by atomic mass is 9.91. The first-order chi connectivity index (χ1) is 20.2. The molecule has 3 amide bonds. The molecule has 8 heteroatoms. The SMILES string of the molecule is Cc1cccc(C)c1C(C(=O)Nc1ccc2ccccc2c1)N(C(=O)C(CO)NC(=O)OC(C)(C)C)C(C)CCC(C)C. The van der Waals surface area contributed by atoms with Crippen molar-refractivity contribution in [2.75, 3.05) is 11.9 Å². The molecular weight excluding hydrogens is 542 g/mol. The average molecular weight is 590 g/mol. The lowest BCUT2D eigenvalue weighted by Crippen LogP contribution is -2.56. The van der Waals surface area contributed by atoms with Gasteiger partial charge in [0.25, 0.3) is 5.91 Å². The second-order valence-corrected chi connectivity index (χ2v) is 12.7. The number of nitrogens with one attached hydrogen (secondary N) is 2. The predicted octanol–water partition coefficient (Wildman–Crippen LogP) is 6.68. The molecule has 3 atom stereocenters. The number of rotatable bonds is 11. The first kappa shape index (κ1) is 33.6. The van der Waals surface area contributed by atoms with Crippen molar-refractivity contribution in [3.63, 3.8) is 0 Å². The van der Waals surface area contributed by atoms with Gasteiger partial charge in [-0.05, 0) is 99.9 Å². The molecule has 0 aromatic heterocycles. The molecule has 0 radical (unpaired) electrons. The smallest absolute Gasteiger partial charge is 0.408 e. The number of fused-ring (bicyclic) bond motifs is 1. The number of aryl methyl sites for hydroxylation is 2. The van der Waals surface area contributed by atoms with Crippen molar-refractivity contribution in [3.8, 4) is 0 Å². The van der Waals surface area contributed by atoms with Crippen molar-refractivity contribution in [2.45, 2.75) is 92.0 Å². The minimum Gasteiger partial charge on any atom is -0.444 e. The van der Waals surface area contributed by atoms with E-state index in [1.54, 1.807) is 20.8 Å². The molecule has 0 bridgehead atoms. The van der Waals surface area contributed by atoms with Crippen LogP contribution in [0.4, 0.5) is 10.5 Å². The van der Waals surface area contributed by atoms with Crippen LogP contribution in [0.5, 0.6) is 0 Å². The molecule has 3 N–H and O–H groups in total. The summed E-state index contributed by atoms with van der Waals surface area (Å²) in [4.78, 5) is 42.9. The van der Waals surface area contributed by atoms with E-state index in [1.807, 2.05) is 81.4 Å². The van der Waals surface area contributed by atoms with Gasteiger partial charge in [0, 0.05) is 11.7 Å². The van der Waals surface area contributed by atoms with Gasteiger partial charge in [0.15, 0.2) is 0 Å². The molecule has 3 unspecified atom stereocenters. The van der Waals surface area contributed by atoms with Crippen LogP contribution in [0.25, 0.3) is 10.8 Å². The Labute approximate surface area is 255 Å². The zero-order valence-corrected chi connectivity index (χ0v) is 26.7. The number of anilines is 1. The van der Waals surface area contributed by atoms with E-state index < -0.39 is 42.3 Å². The summed E-state index contributed by atoms with van der Waals surface area (Å²) >= 11 is 0. The van der Waals surface area contributed by atoms with Crippen LogP contribution in [0, 0.1) is 19.8 Å². The predicted molar refractivity (Wildman–Crippen MR) is 172 cm³/mol. The second-order valence-electron chi connectivity index (χ2n) is 12.7. The van der Waals surface area contributed by atoms with Crippen LogP contribution in [0.1, 0.15) is 77.1 Å². The molecule has 0 aliphatic carbocycles. The second kappa shape index (κ2) is 14.5. The maximum absolute atomic E-state index is 14.4. The quantitative estimate of drug-likeness (QED) is 0.231. The summed E-state index contributed by atoms with van der Waals surface area (Å²) in [7, 11) is 0. The standard InChI is InChI=1S/C35H47N3O5/c1-22(2)16-17-25(5)38(33(41)29(21-39)37-34(42)43-35(6,7)8)31(30-23(3)12-11-13-24(30)4)32(40)36-28-19-18-26-14-9-10-15-27(26)20-28/h9-15,18-20,22,25,29,31,39H,16-17,21H2,1-8H3,(H,36,40)(H,37,42). The van der Waals surface area contributed by atoms with Crippen LogP contribution in [0.2, 0.25) is 0 Å². The van der Waals surface area contributed by atoms with Crippen LogP contribution in [-0.4, -0.2) is 52.2 Å². The summed E-state index contributed by atoms with van der Waals surface area (Å²) in [5.41, 5.74) is 2.23. The number of aliphatic hydroxyl groups is 1. The first-order valence-electron chi connectivity index (χ1n) is 15.0. The van der Waals surface area contributed by atoms with E-state index >= 15 is 0 Å². The van der Waals surface area contributed by atoms with Crippen molar-refractivity contribution in [2.24, 2.45) is 5.92 Å². The number of carbonyl (C=O) groups is 3. The van der Waals surface area contributed by atoms with E-state index in [-0.39, 0.29) is 5.91 Å². The summed E-state index contributed by atoms with van der Waals surface area (Å²) in [5.74, 6) is -0.574. The number of ether oxygens (including phenoxy) is 1. The molecule has 0 heterocycles. The molecule has 0 fully saturated rings. The van der Waals surface area contributed by atoms with Crippen LogP contribution in [0.15, 0.2) is 60.7 Å². The normalized spacial score (nSPS) is 13.7. The summed E-state index contributed by atoms with van der Waals surface area (Å²) in [6.45, 7) is 14.5. The maximum Gasteiger partial charge on any atom is 0.408 e. The zero-order chi connectivity index (χ0) is 31.9. The lowest BCUT2D eigenvalue weighted by Gasteiger charge is -2.39. The highest BCUT2D eigenvalue weighted by atomic mass is 16.6. The zero-order valence-electron chi connectivity index (χ0n) is 26.7. The first-order valence-corrected chi connectivity index (χ1v) is 15.0. The summed E-state index contributed by atoms with van der Waals surface area (Å²) in [6.07, 6.45) is 0.623. The Balaban J connectivity index is 2.11. The van der Waals surface area contributed by atoms with Crippen molar-refractivity contribution in [1.29, 1.82) is 0 Å². The fourth-order valence-corrected chi connectivity index (χ4v) is 5.26. The lowest BCUT2D eigenvalue weighted by molar-refractivity contribution is -0.144. The highest BCUT2D eigenvalue weighted by Gasteiger charge is 2.40. The Morgan fingerprint density at radius 1 is 0.884 bits per heavy atom.